The van der Waals surface area contributed by atoms with E-state index in [0.29, 0.717) is 23.0 Å². The molecule has 0 N–H and O–H groups in total. The Bertz CT molecular complexity index is 668. The highest BCUT2D eigenvalue weighted by Gasteiger charge is 2.19. The lowest BCUT2D eigenvalue weighted by Gasteiger charge is -2.13. The first-order chi connectivity index (χ1) is 10.3. The minimum atomic E-state index is -0.101. The molecule has 5 nitrogen and oxygen atoms in total. The maximum atomic E-state index is 11.7. The maximum Gasteiger partial charge on any atom is 0.232 e. The van der Waals surface area contributed by atoms with Crippen molar-refractivity contribution in [3.63, 3.8) is 0 Å². The summed E-state index contributed by atoms with van der Waals surface area (Å²) in [5.74, 6) is 2.30. The van der Waals surface area contributed by atoms with Crippen LogP contribution in [0.25, 0.3) is 0 Å². The topological polar surface area (TPSA) is 61.6 Å². The molecular formula is C17H21NO4. The zero-order valence-electron chi connectivity index (χ0n) is 13.6. The molecule has 0 aliphatic carbocycles. The summed E-state index contributed by atoms with van der Waals surface area (Å²) in [6.45, 7) is 7.81. The fourth-order valence-electron chi connectivity index (χ4n) is 1.90. The smallest absolute Gasteiger partial charge is 0.232 e. The highest BCUT2D eigenvalue weighted by molar-refractivity contribution is 5.97. The molecule has 0 atom stereocenters. The summed E-state index contributed by atoms with van der Waals surface area (Å²) < 4.78 is 16.5. The quantitative estimate of drug-likeness (QED) is 0.787. The van der Waals surface area contributed by atoms with Crippen LogP contribution in [0, 0.1) is 0 Å². The van der Waals surface area contributed by atoms with Crippen LogP contribution in [-0.4, -0.2) is 17.9 Å². The van der Waals surface area contributed by atoms with Crippen LogP contribution in [0.15, 0.2) is 28.8 Å². The van der Waals surface area contributed by atoms with Crippen molar-refractivity contribution in [2.24, 2.45) is 0 Å². The number of hydrogen-bond donors (Lipinski definition) is 0. The molecule has 0 unspecified atom stereocenters. The van der Waals surface area contributed by atoms with Gasteiger partial charge in [0.05, 0.1) is 18.9 Å². The normalized spacial score (nSPS) is 11.3. The Morgan fingerprint density at radius 1 is 1.32 bits per heavy atom. The number of nitrogens with zero attached hydrogens (tertiary/aromatic N) is 1. The van der Waals surface area contributed by atoms with Crippen LogP contribution >= 0.6 is 0 Å². The number of oxazole rings is 1. The third-order valence-corrected chi connectivity index (χ3v) is 3.21. The minimum absolute atomic E-state index is 0.0864. The number of hydrogen-bond acceptors (Lipinski definition) is 5. The van der Waals surface area contributed by atoms with E-state index in [9.17, 15) is 4.79 Å². The molecule has 0 saturated heterocycles. The second-order valence-corrected chi connectivity index (χ2v) is 6.08. The maximum absolute atomic E-state index is 11.7. The summed E-state index contributed by atoms with van der Waals surface area (Å²) in [7, 11) is 1.56. The molecule has 118 valence electrons. The van der Waals surface area contributed by atoms with Crippen LogP contribution in [0.1, 0.15) is 49.7 Å². The Hall–Kier alpha value is -2.30. The average Bonchev–Trinajstić information content (AvgIpc) is 2.93. The molecule has 0 bridgehead atoms. The molecule has 0 aliphatic rings. The number of ether oxygens (including phenoxy) is 2. The summed E-state index contributed by atoms with van der Waals surface area (Å²) in [5.41, 5.74) is 0.373. The van der Waals surface area contributed by atoms with Gasteiger partial charge in [0.1, 0.15) is 17.3 Å². The van der Waals surface area contributed by atoms with E-state index in [1.54, 1.807) is 31.5 Å². The molecule has 22 heavy (non-hydrogen) atoms. The summed E-state index contributed by atoms with van der Waals surface area (Å²) in [6, 6.07) is 5.12. The molecule has 0 spiro atoms. The van der Waals surface area contributed by atoms with Crippen LogP contribution in [0.5, 0.6) is 11.5 Å². The third-order valence-electron chi connectivity index (χ3n) is 3.21. The predicted octanol–water partition coefficient (Wildman–Crippen LogP) is 3.76. The zero-order chi connectivity index (χ0) is 16.3. The molecule has 0 amide bonds. The molecule has 0 fully saturated rings. The Kier molecular flexibility index (Phi) is 4.54. The Labute approximate surface area is 130 Å². The number of carbonyl (C=O) groups excluding carboxylic acids is 1. The van der Waals surface area contributed by atoms with Crippen molar-refractivity contribution in [2.45, 2.75) is 39.7 Å². The summed E-state index contributed by atoms with van der Waals surface area (Å²) in [5, 5.41) is 0. The zero-order valence-corrected chi connectivity index (χ0v) is 13.6. The monoisotopic (exact) mass is 303 g/mol. The summed E-state index contributed by atoms with van der Waals surface area (Å²) >= 11 is 0. The molecule has 1 aromatic carbocycles. The highest BCUT2D eigenvalue weighted by atomic mass is 16.5. The fraction of sp³-hybridized carbons (Fsp3) is 0.412. The van der Waals surface area contributed by atoms with Gasteiger partial charge in [0.25, 0.3) is 0 Å². The van der Waals surface area contributed by atoms with Crippen LogP contribution in [0.3, 0.4) is 0 Å². The lowest BCUT2D eigenvalue weighted by molar-refractivity contribution is 0.101. The number of carbonyl (C=O) groups is 1. The van der Waals surface area contributed by atoms with Gasteiger partial charge in [-0.2, -0.15) is 0 Å². The van der Waals surface area contributed by atoms with Crippen molar-refractivity contribution in [1.29, 1.82) is 0 Å². The second-order valence-electron chi connectivity index (χ2n) is 6.08. The van der Waals surface area contributed by atoms with E-state index in [1.165, 1.54) is 6.92 Å². The fourth-order valence-corrected chi connectivity index (χ4v) is 1.90. The third kappa shape index (κ3) is 3.67. The number of aromatic nitrogens is 1. The van der Waals surface area contributed by atoms with Crippen molar-refractivity contribution < 1.29 is 18.7 Å². The average molecular weight is 303 g/mol. The van der Waals surface area contributed by atoms with Crippen molar-refractivity contribution in [2.75, 3.05) is 7.11 Å². The van der Waals surface area contributed by atoms with Gasteiger partial charge in [-0.3, -0.25) is 4.79 Å². The van der Waals surface area contributed by atoms with Gasteiger partial charge in [-0.15, -0.1) is 0 Å². The first-order valence-electron chi connectivity index (χ1n) is 7.08. The second kappa shape index (κ2) is 6.22. The minimum Gasteiger partial charge on any atom is -0.497 e. The van der Waals surface area contributed by atoms with Crippen molar-refractivity contribution in [1.82, 2.24) is 4.98 Å². The summed E-state index contributed by atoms with van der Waals surface area (Å²) in [6.07, 6.45) is 1.71. The number of Topliss-reactive ketones (excluding diaryl/α,β-unsaturated/α-hetero) is 1. The van der Waals surface area contributed by atoms with Crippen molar-refractivity contribution in [3.05, 3.63) is 41.6 Å². The van der Waals surface area contributed by atoms with Gasteiger partial charge in [-0.25, -0.2) is 4.98 Å². The molecule has 0 aliphatic heterocycles. The number of benzene rings is 1. The van der Waals surface area contributed by atoms with Crippen molar-refractivity contribution >= 4 is 5.78 Å². The molecule has 1 aromatic heterocycles. The van der Waals surface area contributed by atoms with Crippen LogP contribution in [0.2, 0.25) is 0 Å². The van der Waals surface area contributed by atoms with E-state index < -0.39 is 0 Å². The Balaban J connectivity index is 2.14. The largest absolute Gasteiger partial charge is 0.497 e. The molecule has 1 heterocycles. The standard InChI is InChI=1S/C17H21NO4/c1-11(19)13-8-12(20-5)6-7-14(13)21-10-16-18-9-15(22-16)17(2,3)4/h6-9H,10H2,1-5H3. The van der Waals surface area contributed by atoms with E-state index in [0.717, 1.165) is 5.76 Å². The molecule has 2 aromatic rings. The van der Waals surface area contributed by atoms with Crippen LogP contribution in [-0.2, 0) is 12.0 Å². The molecule has 0 radical (unpaired) electrons. The van der Waals surface area contributed by atoms with E-state index in [1.807, 2.05) is 0 Å². The van der Waals surface area contributed by atoms with Crippen molar-refractivity contribution in [3.8, 4) is 11.5 Å². The van der Waals surface area contributed by atoms with Gasteiger partial charge in [0, 0.05) is 5.41 Å². The summed E-state index contributed by atoms with van der Waals surface area (Å²) in [4.78, 5) is 15.9. The van der Waals surface area contributed by atoms with E-state index >= 15 is 0 Å². The van der Waals surface area contributed by atoms with E-state index in [2.05, 4.69) is 25.8 Å². The van der Waals surface area contributed by atoms with Gasteiger partial charge in [-0.05, 0) is 25.1 Å². The van der Waals surface area contributed by atoms with Crippen LogP contribution in [0.4, 0.5) is 0 Å². The number of rotatable bonds is 5. The highest BCUT2D eigenvalue weighted by Crippen LogP contribution is 2.26. The molecule has 2 rings (SSSR count). The van der Waals surface area contributed by atoms with Gasteiger partial charge >= 0.3 is 0 Å². The van der Waals surface area contributed by atoms with Crippen LogP contribution < -0.4 is 9.47 Å². The first-order valence-corrected chi connectivity index (χ1v) is 7.08. The Morgan fingerprint density at radius 3 is 2.59 bits per heavy atom. The van der Waals surface area contributed by atoms with Gasteiger partial charge in [0.2, 0.25) is 5.89 Å². The van der Waals surface area contributed by atoms with E-state index in [-0.39, 0.29) is 17.8 Å². The SMILES string of the molecule is COc1ccc(OCc2ncc(C(C)(C)C)o2)c(C(C)=O)c1. The van der Waals surface area contributed by atoms with Gasteiger partial charge in [0.15, 0.2) is 12.4 Å². The van der Waals surface area contributed by atoms with E-state index in [4.69, 9.17) is 13.9 Å². The lowest BCUT2D eigenvalue weighted by Crippen LogP contribution is -2.09. The molecular weight excluding hydrogens is 282 g/mol. The lowest BCUT2D eigenvalue weighted by atomic mass is 9.94. The van der Waals surface area contributed by atoms with Gasteiger partial charge in [-0.1, -0.05) is 20.8 Å². The number of methoxy groups -OCH3 is 1. The molecule has 5 heteroatoms. The number of ketones is 1. The first kappa shape index (κ1) is 16.1. The molecule has 0 saturated carbocycles. The predicted molar refractivity (Wildman–Crippen MR) is 82.5 cm³/mol. The Morgan fingerprint density at radius 2 is 2.05 bits per heavy atom. The van der Waals surface area contributed by atoms with Gasteiger partial charge < -0.3 is 13.9 Å².